The smallest absolute Gasteiger partial charge is 0.462 e. The van der Waals surface area contributed by atoms with Crippen molar-refractivity contribution in [3.63, 3.8) is 0 Å². The predicted molar refractivity (Wildman–Crippen MR) is 418 cm³/mol. The standard InChI is InChI=1S/C83H160O17P2/c1-5-9-13-17-21-25-29-33-37-38-42-46-50-54-58-62-66-70-83(88)100-79(74-94-81(86)68-64-60-56-52-48-44-40-35-31-27-23-19-15-11-7-3)76-98-102(91,92)96-72-77(84)71-95-101(89,90)97-75-78(99-82(87)69-65-61-57-53-49-45-41-36-32-28-24-20-16-12-8-4)73-93-80(85)67-63-59-55-51-47-43-39-34-30-26-22-18-14-10-6-2/h35,40,77-79,84H,5-34,36-39,41-76H2,1-4H3,(H,89,90)(H,91,92)/b40-35-/t77-,78+,79+/m0/s1. The zero-order valence-corrected chi connectivity index (χ0v) is 68.1. The number of ether oxygens (including phenoxy) is 4. The zero-order valence-electron chi connectivity index (χ0n) is 66.3. The van der Waals surface area contributed by atoms with E-state index in [0.717, 1.165) is 109 Å². The number of carbonyl (C=O) groups excluding carboxylic acids is 4. The third-order valence-corrected chi connectivity index (χ3v) is 21.2. The molecule has 0 heterocycles. The number of allylic oxidation sites excluding steroid dienone is 2. The zero-order chi connectivity index (χ0) is 74.6. The molecule has 604 valence electrons. The molecular formula is C83H160O17P2. The quantitative estimate of drug-likeness (QED) is 0.0169. The number of aliphatic hydroxyl groups is 1. The second-order valence-corrected chi connectivity index (χ2v) is 32.4. The molecule has 0 aromatic heterocycles. The highest BCUT2D eigenvalue weighted by Gasteiger charge is 2.30. The molecule has 17 nitrogen and oxygen atoms in total. The molecule has 102 heavy (non-hydrogen) atoms. The average Bonchev–Trinajstić information content (AvgIpc) is 1.12. The summed E-state index contributed by atoms with van der Waals surface area (Å²) in [7, 11) is -9.93. The van der Waals surface area contributed by atoms with Gasteiger partial charge in [0, 0.05) is 25.7 Å². The lowest BCUT2D eigenvalue weighted by Gasteiger charge is -2.21. The Morgan fingerprint density at radius 1 is 0.265 bits per heavy atom. The summed E-state index contributed by atoms with van der Waals surface area (Å²) in [6.45, 7) is 5.02. The first-order chi connectivity index (χ1) is 49.7. The van der Waals surface area contributed by atoms with Crippen LogP contribution in [0.3, 0.4) is 0 Å². The summed E-state index contributed by atoms with van der Waals surface area (Å²) < 4.78 is 68.8. The number of phosphoric acid groups is 2. The van der Waals surface area contributed by atoms with Crippen molar-refractivity contribution in [3.05, 3.63) is 12.2 Å². The van der Waals surface area contributed by atoms with Crippen molar-refractivity contribution in [3.8, 4) is 0 Å². The van der Waals surface area contributed by atoms with Gasteiger partial charge >= 0.3 is 39.5 Å². The van der Waals surface area contributed by atoms with E-state index in [9.17, 15) is 43.2 Å². The summed E-state index contributed by atoms with van der Waals surface area (Å²) in [5.74, 6) is -2.12. The van der Waals surface area contributed by atoms with Gasteiger partial charge in [-0.25, -0.2) is 9.13 Å². The van der Waals surface area contributed by atoms with Crippen LogP contribution in [0.4, 0.5) is 0 Å². The van der Waals surface area contributed by atoms with Gasteiger partial charge in [0.15, 0.2) is 12.2 Å². The SMILES string of the molecule is CCCCCCCC/C=C\CCCCCCCC(=O)OC[C@H](COP(=O)(O)OC[C@@H](O)COP(=O)(O)OC[C@@H](COC(=O)CCCCCCCCCCCCCCCCC)OC(=O)CCCCCCCCCCCCCCCCC)OC(=O)CCCCCCCCCCCCCCCCCCC. The van der Waals surface area contributed by atoms with Crippen LogP contribution >= 0.6 is 15.6 Å². The Labute approximate surface area is 625 Å². The summed E-state index contributed by atoms with van der Waals surface area (Å²) in [6, 6.07) is 0. The maximum absolute atomic E-state index is 13.1. The lowest BCUT2D eigenvalue weighted by atomic mass is 10.0. The maximum atomic E-state index is 13.1. The molecule has 0 aliphatic heterocycles. The summed E-state index contributed by atoms with van der Waals surface area (Å²) in [6.07, 6.45) is 71.7. The Morgan fingerprint density at radius 2 is 0.451 bits per heavy atom. The van der Waals surface area contributed by atoms with Crippen LogP contribution in [0.15, 0.2) is 12.2 Å². The van der Waals surface area contributed by atoms with Gasteiger partial charge in [0.25, 0.3) is 0 Å². The molecule has 3 N–H and O–H groups in total. The molecule has 0 amide bonds. The number of rotatable bonds is 83. The van der Waals surface area contributed by atoms with E-state index in [1.807, 2.05) is 0 Å². The summed E-state index contributed by atoms with van der Waals surface area (Å²) >= 11 is 0. The van der Waals surface area contributed by atoms with Crippen LogP contribution in [0.2, 0.25) is 0 Å². The van der Waals surface area contributed by atoms with Gasteiger partial charge in [0.05, 0.1) is 26.4 Å². The molecule has 0 radical (unpaired) electrons. The summed E-state index contributed by atoms with van der Waals surface area (Å²) in [5, 5.41) is 10.7. The summed E-state index contributed by atoms with van der Waals surface area (Å²) in [4.78, 5) is 73.2. The molecule has 0 saturated carbocycles. The highest BCUT2D eigenvalue weighted by molar-refractivity contribution is 7.47. The Hall–Kier alpha value is -2.20. The molecule has 0 aromatic rings. The van der Waals surface area contributed by atoms with Gasteiger partial charge in [0.1, 0.15) is 19.3 Å². The van der Waals surface area contributed by atoms with Gasteiger partial charge in [-0.15, -0.1) is 0 Å². The van der Waals surface area contributed by atoms with Crippen LogP contribution in [-0.4, -0.2) is 96.7 Å². The first-order valence-corrected chi connectivity index (χ1v) is 45.9. The third-order valence-electron chi connectivity index (χ3n) is 19.3. The van der Waals surface area contributed by atoms with Crippen molar-refractivity contribution in [2.24, 2.45) is 0 Å². The largest absolute Gasteiger partial charge is 0.472 e. The van der Waals surface area contributed by atoms with Crippen molar-refractivity contribution in [1.29, 1.82) is 0 Å². The molecule has 0 spiro atoms. The van der Waals surface area contributed by atoms with Crippen molar-refractivity contribution in [2.45, 2.75) is 457 Å². The van der Waals surface area contributed by atoms with E-state index in [-0.39, 0.29) is 25.7 Å². The first kappa shape index (κ1) is 99.8. The van der Waals surface area contributed by atoms with E-state index in [1.54, 1.807) is 0 Å². The van der Waals surface area contributed by atoms with Crippen LogP contribution < -0.4 is 0 Å². The highest BCUT2D eigenvalue weighted by Crippen LogP contribution is 2.45. The number of carbonyl (C=O) groups is 4. The van der Waals surface area contributed by atoms with Gasteiger partial charge in [-0.1, -0.05) is 374 Å². The van der Waals surface area contributed by atoms with E-state index < -0.39 is 97.5 Å². The fraction of sp³-hybridized carbons (Fsp3) is 0.928. The van der Waals surface area contributed by atoms with Gasteiger partial charge in [-0.2, -0.15) is 0 Å². The Morgan fingerprint density at radius 3 is 0.676 bits per heavy atom. The van der Waals surface area contributed by atoms with Gasteiger partial charge in [0.2, 0.25) is 0 Å². The van der Waals surface area contributed by atoms with Crippen LogP contribution in [0, 0.1) is 0 Å². The van der Waals surface area contributed by atoms with E-state index >= 15 is 0 Å². The second-order valence-electron chi connectivity index (χ2n) is 29.5. The van der Waals surface area contributed by atoms with Gasteiger partial charge in [-0.05, 0) is 51.4 Å². The van der Waals surface area contributed by atoms with E-state index in [1.165, 1.54) is 250 Å². The molecule has 0 aliphatic rings. The lowest BCUT2D eigenvalue weighted by Crippen LogP contribution is -2.30. The minimum atomic E-state index is -4.97. The molecule has 0 aliphatic carbocycles. The Balaban J connectivity index is 5.29. The average molecular weight is 1490 g/mol. The Bertz CT molecular complexity index is 1980. The number of unbranched alkanes of at least 4 members (excludes halogenated alkanes) is 55. The topological polar surface area (TPSA) is 237 Å². The van der Waals surface area contributed by atoms with Gasteiger partial charge < -0.3 is 33.8 Å². The van der Waals surface area contributed by atoms with Crippen molar-refractivity contribution >= 4 is 39.5 Å². The lowest BCUT2D eigenvalue weighted by molar-refractivity contribution is -0.161. The highest BCUT2D eigenvalue weighted by atomic mass is 31.2. The van der Waals surface area contributed by atoms with Crippen LogP contribution in [0.5, 0.6) is 0 Å². The predicted octanol–water partition coefficient (Wildman–Crippen LogP) is 25.1. The molecule has 5 atom stereocenters. The number of hydrogen-bond acceptors (Lipinski definition) is 15. The molecule has 2 unspecified atom stereocenters. The molecule has 0 saturated heterocycles. The summed E-state index contributed by atoms with van der Waals surface area (Å²) in [5.41, 5.74) is 0. The molecule has 0 rings (SSSR count). The van der Waals surface area contributed by atoms with Crippen molar-refractivity contribution in [2.75, 3.05) is 39.6 Å². The van der Waals surface area contributed by atoms with E-state index in [2.05, 4.69) is 39.8 Å². The molecular weight excluding hydrogens is 1330 g/mol. The van der Waals surface area contributed by atoms with Crippen LogP contribution in [-0.2, 0) is 65.4 Å². The van der Waals surface area contributed by atoms with E-state index in [4.69, 9.17) is 37.0 Å². The van der Waals surface area contributed by atoms with Crippen molar-refractivity contribution < 1.29 is 80.2 Å². The Kier molecular flexibility index (Phi) is 75.3. The number of phosphoric ester groups is 2. The monoisotopic (exact) mass is 1490 g/mol. The molecule has 0 bridgehead atoms. The van der Waals surface area contributed by atoms with Crippen molar-refractivity contribution in [1.82, 2.24) is 0 Å². The first-order valence-electron chi connectivity index (χ1n) is 42.9. The normalized spacial score (nSPS) is 13.8. The fourth-order valence-corrected chi connectivity index (χ4v) is 14.3. The minimum absolute atomic E-state index is 0.105. The third kappa shape index (κ3) is 76.0. The van der Waals surface area contributed by atoms with Gasteiger partial charge in [-0.3, -0.25) is 37.3 Å². The van der Waals surface area contributed by atoms with Crippen LogP contribution in [0.25, 0.3) is 0 Å². The second kappa shape index (κ2) is 77.0. The maximum Gasteiger partial charge on any atom is 0.472 e. The number of hydrogen-bond donors (Lipinski definition) is 3. The molecule has 19 heteroatoms. The fourth-order valence-electron chi connectivity index (χ4n) is 12.7. The number of aliphatic hydroxyl groups excluding tert-OH is 1. The minimum Gasteiger partial charge on any atom is -0.462 e. The van der Waals surface area contributed by atoms with Crippen LogP contribution in [0.1, 0.15) is 439 Å². The van der Waals surface area contributed by atoms with E-state index in [0.29, 0.717) is 25.7 Å². The molecule has 0 aromatic carbocycles. The molecule has 0 fully saturated rings. The number of esters is 4.